The van der Waals surface area contributed by atoms with E-state index in [2.05, 4.69) is 32.4 Å². The molecule has 1 unspecified atom stereocenters. The topological polar surface area (TPSA) is 228 Å². The van der Waals surface area contributed by atoms with Crippen molar-refractivity contribution in [3.63, 3.8) is 0 Å². The molecule has 0 saturated carbocycles. The van der Waals surface area contributed by atoms with Crippen LogP contribution < -0.4 is 20.3 Å². The lowest BCUT2D eigenvalue weighted by Crippen LogP contribution is -2.45. The summed E-state index contributed by atoms with van der Waals surface area (Å²) in [4.78, 5) is 49.7. The number of methoxy groups -OCH3 is 2. The third-order valence-corrected chi connectivity index (χ3v) is 13.9. The molecule has 1 amide bonds. The van der Waals surface area contributed by atoms with Crippen LogP contribution in [0, 0.1) is 22.7 Å². The van der Waals surface area contributed by atoms with Crippen LogP contribution in [0.25, 0.3) is 11.2 Å². The highest BCUT2D eigenvalue weighted by atomic mass is 31.2. The molecule has 1 aliphatic rings. The van der Waals surface area contributed by atoms with E-state index in [1.54, 1.807) is 14.2 Å². The van der Waals surface area contributed by atoms with Gasteiger partial charge in [0.1, 0.15) is 42.3 Å². The summed E-state index contributed by atoms with van der Waals surface area (Å²) in [5.74, 6) is 0.695. The fraction of sp³-hybridized carbons (Fsp3) is 0.435. The predicted octanol–water partition coefficient (Wildman–Crippen LogP) is 6.45. The molecule has 1 saturated heterocycles. The number of carbonyl (C=O) groups is 1. The van der Waals surface area contributed by atoms with Crippen LogP contribution in [0.2, 0.25) is 0 Å². The first-order valence-corrected chi connectivity index (χ1v) is 23.0. The molecule has 0 aliphatic carbocycles. The van der Waals surface area contributed by atoms with Crippen molar-refractivity contribution in [1.82, 2.24) is 24.2 Å². The first-order valence-electron chi connectivity index (χ1n) is 21.2. The summed E-state index contributed by atoms with van der Waals surface area (Å²) in [6.07, 6.45) is -3.03. The second kappa shape index (κ2) is 21.9. The Morgan fingerprint density at radius 3 is 2.09 bits per heavy atom. The largest absolute Gasteiger partial charge is 0.497 e. The zero-order valence-electron chi connectivity index (χ0n) is 37.5. The summed E-state index contributed by atoms with van der Waals surface area (Å²) in [6, 6.07) is 28.6. The van der Waals surface area contributed by atoms with Gasteiger partial charge in [0.2, 0.25) is 11.9 Å². The Hall–Kier alpha value is -5.79. The maximum Gasteiger partial charge on any atom is 0.347 e. The molecule has 1 aliphatic heterocycles. The molecular formula is C46H56N8O10P+. The number of carbonyl (C=O) groups excluding carboxylic acids is 1. The van der Waals surface area contributed by atoms with Crippen molar-refractivity contribution in [2.45, 2.75) is 89.7 Å². The molecule has 5 aromatic rings. The Morgan fingerprint density at radius 1 is 0.938 bits per heavy atom. The Balaban J connectivity index is 1.55. The van der Waals surface area contributed by atoms with Gasteiger partial charge in [-0.3, -0.25) is 24.5 Å². The average molecular weight is 912 g/mol. The molecule has 2 aromatic heterocycles. The van der Waals surface area contributed by atoms with Crippen molar-refractivity contribution in [2.75, 3.05) is 45.7 Å². The smallest absolute Gasteiger partial charge is 0.347 e. The Kier molecular flexibility index (Phi) is 16.4. The molecule has 3 aromatic carbocycles. The van der Waals surface area contributed by atoms with Crippen LogP contribution in [0.3, 0.4) is 0 Å². The number of ether oxygens (including phenoxy) is 6. The number of aromatic amines is 1. The highest BCUT2D eigenvalue weighted by Crippen LogP contribution is 2.64. The second-order valence-corrected chi connectivity index (χ2v) is 18.2. The first-order chi connectivity index (χ1) is 31.3. The van der Waals surface area contributed by atoms with Crippen LogP contribution in [0.4, 0.5) is 5.95 Å². The molecule has 344 valence electrons. The predicted molar refractivity (Wildman–Crippen MR) is 242 cm³/mol. The molecular weight excluding hydrogens is 856 g/mol. The van der Waals surface area contributed by atoms with Crippen molar-refractivity contribution in [1.29, 1.82) is 10.5 Å². The van der Waals surface area contributed by atoms with Gasteiger partial charge in [0, 0.05) is 19.0 Å². The number of hydrogen-bond donors (Lipinski definition) is 3. The number of nitrogens with zero attached hydrogens (tertiary/aromatic N) is 6. The second-order valence-electron chi connectivity index (χ2n) is 15.8. The standard InChI is InChI=1S/C46H55N8O10P/c1-30(2)54(31(3)4)65(57,26-12-24-48)64-40-38(63-44(41(40)61-29-60-25-11-23-47)53-28-49-39-42(53)51-45(50-32(5)55)52-43(39)56)27-62-46(33-13-9-8-10-14-33,34-15-19-36(58-6)20-16-34)35-17-21-37(59-7)22-18-35/h8-10,13-22,28,30-31,38,40-41,44,57H,11-12,25-27,29H2,1-7H3,(H-,50,51,52,55,56)/p+1/t38-,40-,41-,44-,65?/m1/s1. The highest BCUT2D eigenvalue weighted by Gasteiger charge is 2.59. The normalized spacial score (nSPS) is 18.4. The fourth-order valence-corrected chi connectivity index (χ4v) is 11.2. The van der Waals surface area contributed by atoms with Gasteiger partial charge in [-0.15, -0.1) is 4.67 Å². The summed E-state index contributed by atoms with van der Waals surface area (Å²) >= 11 is 0. The van der Waals surface area contributed by atoms with Gasteiger partial charge in [-0.05, 0) is 68.7 Å². The molecule has 0 radical (unpaired) electrons. The summed E-state index contributed by atoms with van der Waals surface area (Å²) in [5, 5.41) is 21.6. The molecule has 65 heavy (non-hydrogen) atoms. The quantitative estimate of drug-likeness (QED) is 0.0294. The lowest BCUT2D eigenvalue weighted by atomic mass is 9.80. The number of imidazole rings is 1. The number of H-pyrrole nitrogens is 1. The average Bonchev–Trinajstić information content (AvgIpc) is 3.86. The van der Waals surface area contributed by atoms with E-state index in [1.807, 2.05) is 111 Å². The van der Waals surface area contributed by atoms with Crippen molar-refractivity contribution >= 4 is 30.9 Å². The molecule has 19 heteroatoms. The fourth-order valence-electron chi connectivity index (χ4n) is 8.23. The SMILES string of the molecule is COc1ccc(C(OC[C@H]2O[C@@H](n3cnc4c(=O)[nH]c(NC(C)=O)nc43)[C@H](OCOCCC#N)[C@@H]2O[P+](O)(CCC#N)N(C(C)C)C(C)C)(c2ccccc2)c2ccc(OC)cc2)cc1. The Bertz CT molecular complexity index is 2440. The monoisotopic (exact) mass is 911 g/mol. The number of amides is 1. The maximum atomic E-state index is 13.3. The molecule has 5 atom stereocenters. The van der Waals surface area contributed by atoms with E-state index in [4.69, 9.17) is 32.9 Å². The van der Waals surface area contributed by atoms with Gasteiger partial charge in [-0.2, -0.15) is 20.0 Å². The van der Waals surface area contributed by atoms with E-state index < -0.39 is 49.5 Å². The van der Waals surface area contributed by atoms with Crippen molar-refractivity contribution in [3.8, 4) is 23.6 Å². The Labute approximate surface area is 378 Å². The van der Waals surface area contributed by atoms with Gasteiger partial charge in [0.05, 0.1) is 58.7 Å². The zero-order chi connectivity index (χ0) is 46.7. The number of nitriles is 2. The molecule has 18 nitrogen and oxygen atoms in total. The van der Waals surface area contributed by atoms with E-state index in [0.717, 1.165) is 16.7 Å². The lowest BCUT2D eigenvalue weighted by Gasteiger charge is -2.39. The number of fused-ring (bicyclic) bond motifs is 1. The third kappa shape index (κ3) is 10.8. The van der Waals surface area contributed by atoms with E-state index in [-0.39, 0.29) is 68.2 Å². The zero-order valence-corrected chi connectivity index (χ0v) is 38.4. The number of anilines is 1. The van der Waals surface area contributed by atoms with Crippen molar-refractivity contribution in [2.24, 2.45) is 0 Å². The van der Waals surface area contributed by atoms with Crippen LogP contribution in [-0.4, -0.2) is 106 Å². The first kappa shape index (κ1) is 48.7. The van der Waals surface area contributed by atoms with Crippen LogP contribution in [0.15, 0.2) is 90.0 Å². The van der Waals surface area contributed by atoms with E-state index in [0.29, 0.717) is 11.5 Å². The number of aromatic nitrogens is 4. The summed E-state index contributed by atoms with van der Waals surface area (Å²) in [5.41, 5.74) is 0.359. The molecule has 6 rings (SSSR count). The maximum absolute atomic E-state index is 13.3. The van der Waals surface area contributed by atoms with Gasteiger partial charge in [0.25, 0.3) is 5.56 Å². The molecule has 1 fully saturated rings. The van der Waals surface area contributed by atoms with Gasteiger partial charge >= 0.3 is 7.87 Å². The summed E-state index contributed by atoms with van der Waals surface area (Å²) in [7, 11) is -0.494. The molecule has 0 bridgehead atoms. The van der Waals surface area contributed by atoms with Gasteiger partial charge in [0.15, 0.2) is 23.5 Å². The van der Waals surface area contributed by atoms with E-state index in [9.17, 15) is 25.0 Å². The van der Waals surface area contributed by atoms with Crippen molar-refractivity contribution < 1.29 is 42.6 Å². The molecule has 3 heterocycles. The summed E-state index contributed by atoms with van der Waals surface area (Å²) in [6.45, 7) is 8.60. The third-order valence-electron chi connectivity index (χ3n) is 10.9. The minimum Gasteiger partial charge on any atom is -0.497 e. The van der Waals surface area contributed by atoms with Gasteiger partial charge in [-0.1, -0.05) is 54.6 Å². The van der Waals surface area contributed by atoms with Crippen molar-refractivity contribution in [3.05, 3.63) is 112 Å². The summed E-state index contributed by atoms with van der Waals surface area (Å²) < 4.78 is 48.1. The number of rotatable bonds is 22. The van der Waals surface area contributed by atoms with Gasteiger partial charge < -0.3 is 28.4 Å². The van der Waals surface area contributed by atoms with Crippen LogP contribution >= 0.6 is 7.87 Å². The minimum absolute atomic E-state index is 0.00332. The Morgan fingerprint density at radius 2 is 1.54 bits per heavy atom. The van der Waals surface area contributed by atoms with Crippen LogP contribution in [0.5, 0.6) is 11.5 Å². The molecule has 0 spiro atoms. The lowest BCUT2D eigenvalue weighted by molar-refractivity contribution is -0.136. The highest BCUT2D eigenvalue weighted by molar-refractivity contribution is 7.63. The van der Waals surface area contributed by atoms with E-state index >= 15 is 0 Å². The number of hydrogen-bond acceptors (Lipinski definition) is 15. The number of benzene rings is 3. The number of nitrogens with one attached hydrogen (secondary N) is 2. The van der Waals surface area contributed by atoms with Crippen LogP contribution in [0.1, 0.15) is 70.4 Å². The van der Waals surface area contributed by atoms with E-state index in [1.165, 1.54) is 17.8 Å². The van der Waals surface area contributed by atoms with Gasteiger partial charge in [-0.25, -0.2) is 9.88 Å². The minimum atomic E-state index is -3.68. The van der Waals surface area contributed by atoms with Crippen LogP contribution in [-0.2, 0) is 33.9 Å². The molecule has 3 N–H and O–H groups in total.